The van der Waals surface area contributed by atoms with Crippen molar-refractivity contribution in [3.8, 4) is 0 Å². The van der Waals surface area contributed by atoms with Crippen LogP contribution in [0.4, 0.5) is 0 Å². The van der Waals surface area contributed by atoms with E-state index in [1.165, 1.54) is 0 Å². The molecule has 5 heteroatoms. The highest BCUT2D eigenvalue weighted by molar-refractivity contribution is 9.10. The molecule has 1 fully saturated rings. The van der Waals surface area contributed by atoms with Gasteiger partial charge in [-0.05, 0) is 24.1 Å². The minimum Gasteiger partial charge on any atom is -0.288 e. The van der Waals surface area contributed by atoms with Gasteiger partial charge in [-0.25, -0.2) is 8.42 Å². The fourth-order valence-corrected chi connectivity index (χ4v) is 3.53. The largest absolute Gasteiger partial charge is 0.288 e. The molecule has 0 N–H and O–H groups in total. The van der Waals surface area contributed by atoms with Crippen LogP contribution in [0.3, 0.4) is 0 Å². The quantitative estimate of drug-likeness (QED) is 0.785. The third-order valence-electron chi connectivity index (χ3n) is 2.51. The van der Waals surface area contributed by atoms with Gasteiger partial charge in [-0.3, -0.25) is 4.99 Å². The molecule has 0 aliphatic carbocycles. The van der Waals surface area contributed by atoms with Gasteiger partial charge in [0.15, 0.2) is 9.84 Å². The highest BCUT2D eigenvalue weighted by Crippen LogP contribution is 2.15. The maximum Gasteiger partial charge on any atom is 0.152 e. The van der Waals surface area contributed by atoms with Gasteiger partial charge in [0.05, 0.1) is 17.5 Å². The molecule has 2 rings (SSSR count). The minimum atomic E-state index is -2.83. The average molecular weight is 302 g/mol. The maximum absolute atomic E-state index is 11.2. The fraction of sp³-hybridized carbons (Fsp3) is 0.364. The van der Waals surface area contributed by atoms with Crippen LogP contribution in [-0.4, -0.2) is 32.2 Å². The second-order valence-corrected chi connectivity index (χ2v) is 7.03. The number of benzene rings is 1. The van der Waals surface area contributed by atoms with Gasteiger partial charge in [0.2, 0.25) is 0 Å². The van der Waals surface area contributed by atoms with E-state index in [0.717, 1.165) is 10.0 Å². The average Bonchev–Trinajstić information content (AvgIpc) is 2.58. The van der Waals surface area contributed by atoms with E-state index in [1.54, 1.807) is 6.21 Å². The Balaban J connectivity index is 2.03. The highest BCUT2D eigenvalue weighted by atomic mass is 79.9. The molecule has 0 unspecified atom stereocenters. The first-order valence-electron chi connectivity index (χ1n) is 5.04. The first kappa shape index (κ1) is 11.8. The van der Waals surface area contributed by atoms with Crippen LogP contribution in [0.2, 0.25) is 0 Å². The molecule has 1 aromatic carbocycles. The smallest absolute Gasteiger partial charge is 0.152 e. The van der Waals surface area contributed by atoms with Crippen molar-refractivity contribution in [1.82, 2.24) is 0 Å². The molecule has 1 aliphatic rings. The number of nitrogens with zero attached hydrogens (tertiary/aromatic N) is 1. The van der Waals surface area contributed by atoms with Gasteiger partial charge in [0.1, 0.15) is 0 Å². The summed E-state index contributed by atoms with van der Waals surface area (Å²) in [6, 6.07) is 7.70. The first-order valence-corrected chi connectivity index (χ1v) is 7.66. The zero-order valence-corrected chi connectivity index (χ0v) is 11.0. The summed E-state index contributed by atoms with van der Waals surface area (Å²) in [5.41, 5.74) is 0.993. The molecule has 86 valence electrons. The van der Waals surface area contributed by atoms with Crippen molar-refractivity contribution in [2.24, 2.45) is 4.99 Å². The van der Waals surface area contributed by atoms with Crippen LogP contribution in [0.25, 0.3) is 0 Å². The molecule has 0 aromatic heterocycles. The molecule has 1 heterocycles. The molecular formula is C11H12BrNO2S. The second-order valence-electron chi connectivity index (χ2n) is 3.89. The fourth-order valence-electron chi connectivity index (χ4n) is 1.63. The van der Waals surface area contributed by atoms with Crippen LogP contribution in [0.15, 0.2) is 33.7 Å². The van der Waals surface area contributed by atoms with Crippen molar-refractivity contribution in [3.05, 3.63) is 34.3 Å². The predicted molar refractivity (Wildman–Crippen MR) is 68.8 cm³/mol. The van der Waals surface area contributed by atoms with Crippen LogP contribution in [-0.2, 0) is 9.84 Å². The van der Waals surface area contributed by atoms with E-state index in [0.29, 0.717) is 6.42 Å². The van der Waals surface area contributed by atoms with Gasteiger partial charge in [-0.15, -0.1) is 0 Å². The van der Waals surface area contributed by atoms with E-state index in [2.05, 4.69) is 20.9 Å². The van der Waals surface area contributed by atoms with Crippen LogP contribution in [0.5, 0.6) is 0 Å². The summed E-state index contributed by atoms with van der Waals surface area (Å²) >= 11 is 3.35. The number of hydrogen-bond donors (Lipinski definition) is 0. The zero-order valence-electron chi connectivity index (χ0n) is 8.64. The van der Waals surface area contributed by atoms with Gasteiger partial charge in [0.25, 0.3) is 0 Å². The number of rotatable bonds is 2. The summed E-state index contributed by atoms with van der Waals surface area (Å²) in [6.45, 7) is 0. The third kappa shape index (κ3) is 3.15. The Morgan fingerprint density at radius 3 is 2.56 bits per heavy atom. The summed E-state index contributed by atoms with van der Waals surface area (Å²) in [5.74, 6) is 0.468. The van der Waals surface area contributed by atoms with Crippen molar-refractivity contribution >= 4 is 32.0 Å². The molecule has 1 aromatic rings. The summed E-state index contributed by atoms with van der Waals surface area (Å²) in [4.78, 5) is 4.30. The standard InChI is InChI=1S/C11H12BrNO2S/c12-10-3-1-9(2-4-10)7-13-11-5-6-16(14,15)8-11/h1-4,7,11H,5-6,8H2/t11-/m0/s1. The molecule has 0 radical (unpaired) electrons. The van der Waals surface area contributed by atoms with Crippen LogP contribution in [0, 0.1) is 0 Å². The number of sulfone groups is 1. The van der Waals surface area contributed by atoms with Gasteiger partial charge in [-0.1, -0.05) is 28.1 Å². The number of hydrogen-bond acceptors (Lipinski definition) is 3. The Kier molecular flexibility index (Phi) is 3.44. The van der Waals surface area contributed by atoms with Crippen molar-refractivity contribution < 1.29 is 8.42 Å². The maximum atomic E-state index is 11.2. The predicted octanol–water partition coefficient (Wildman–Crippen LogP) is 2.06. The molecule has 3 nitrogen and oxygen atoms in total. The topological polar surface area (TPSA) is 46.5 Å². The third-order valence-corrected chi connectivity index (χ3v) is 4.79. The van der Waals surface area contributed by atoms with E-state index in [1.807, 2.05) is 24.3 Å². The van der Waals surface area contributed by atoms with Crippen LogP contribution in [0.1, 0.15) is 12.0 Å². The lowest BCUT2D eigenvalue weighted by molar-refractivity contribution is 0.601. The molecule has 0 spiro atoms. The van der Waals surface area contributed by atoms with Crippen LogP contribution >= 0.6 is 15.9 Å². The molecule has 1 aliphatic heterocycles. The van der Waals surface area contributed by atoms with E-state index in [9.17, 15) is 8.42 Å². The first-order chi connectivity index (χ1) is 7.55. The molecule has 0 amide bonds. The lowest BCUT2D eigenvalue weighted by Crippen LogP contribution is -2.07. The normalized spacial score (nSPS) is 23.9. The number of aliphatic imine (C=N–C) groups is 1. The number of halogens is 1. The Morgan fingerprint density at radius 1 is 1.31 bits per heavy atom. The van der Waals surface area contributed by atoms with E-state index >= 15 is 0 Å². The Labute approximate surface area is 104 Å². The van der Waals surface area contributed by atoms with Crippen LogP contribution < -0.4 is 0 Å². The Hall–Kier alpha value is -0.680. The monoisotopic (exact) mass is 301 g/mol. The van der Waals surface area contributed by atoms with Gasteiger partial charge >= 0.3 is 0 Å². The molecule has 1 atom stereocenters. The summed E-state index contributed by atoms with van der Waals surface area (Å²) in [7, 11) is -2.83. The Morgan fingerprint density at radius 2 is 2.00 bits per heavy atom. The van der Waals surface area contributed by atoms with Gasteiger partial charge < -0.3 is 0 Å². The summed E-state index contributed by atoms with van der Waals surface area (Å²) in [6.07, 6.45) is 2.40. The highest BCUT2D eigenvalue weighted by Gasteiger charge is 2.26. The lowest BCUT2D eigenvalue weighted by Gasteiger charge is -1.99. The van der Waals surface area contributed by atoms with Gasteiger partial charge in [0, 0.05) is 10.7 Å². The van der Waals surface area contributed by atoms with Crippen molar-refractivity contribution in [2.45, 2.75) is 12.5 Å². The Bertz CT molecular complexity index is 493. The zero-order chi connectivity index (χ0) is 11.6. The molecule has 0 saturated carbocycles. The SMILES string of the molecule is O=S1(=O)CC[C@H](N=Cc2ccc(Br)cc2)C1. The molecular weight excluding hydrogens is 290 g/mol. The van der Waals surface area contributed by atoms with E-state index in [-0.39, 0.29) is 17.5 Å². The van der Waals surface area contributed by atoms with Crippen molar-refractivity contribution in [1.29, 1.82) is 0 Å². The van der Waals surface area contributed by atoms with Crippen molar-refractivity contribution in [2.75, 3.05) is 11.5 Å². The molecule has 0 bridgehead atoms. The van der Waals surface area contributed by atoms with E-state index in [4.69, 9.17) is 0 Å². The summed E-state index contributed by atoms with van der Waals surface area (Å²) < 4.78 is 23.5. The molecule has 1 saturated heterocycles. The minimum absolute atomic E-state index is 0.0614. The second kappa shape index (κ2) is 4.67. The van der Waals surface area contributed by atoms with Gasteiger partial charge in [-0.2, -0.15) is 0 Å². The molecule has 16 heavy (non-hydrogen) atoms. The summed E-state index contributed by atoms with van der Waals surface area (Å²) in [5, 5.41) is 0. The van der Waals surface area contributed by atoms with E-state index < -0.39 is 9.84 Å². The van der Waals surface area contributed by atoms with Crippen molar-refractivity contribution in [3.63, 3.8) is 0 Å². The lowest BCUT2D eigenvalue weighted by atomic mass is 10.2.